The maximum Gasteiger partial charge on any atom is 0.313 e. The lowest BCUT2D eigenvalue weighted by Gasteiger charge is -2.45. The summed E-state index contributed by atoms with van der Waals surface area (Å²) >= 11 is 6.03. The van der Waals surface area contributed by atoms with Gasteiger partial charge in [-0.3, -0.25) is 19.2 Å². The zero-order valence-electron chi connectivity index (χ0n) is 28.4. The number of nitrogens with one attached hydrogen (secondary N) is 1. The van der Waals surface area contributed by atoms with Gasteiger partial charge in [0, 0.05) is 42.8 Å². The Kier molecular flexibility index (Phi) is 10.3. The molecule has 1 aliphatic heterocycles. The normalized spacial score (nSPS) is 19.3. The summed E-state index contributed by atoms with van der Waals surface area (Å²) in [4.78, 5) is 33.6. The van der Waals surface area contributed by atoms with Crippen molar-refractivity contribution in [2.24, 2.45) is 5.41 Å². The number of esters is 1. The molecule has 4 rings (SSSR count). The van der Waals surface area contributed by atoms with Gasteiger partial charge in [-0.1, -0.05) is 30.7 Å². The van der Waals surface area contributed by atoms with Crippen LogP contribution in [0.4, 0.5) is 20.4 Å². The van der Waals surface area contributed by atoms with Crippen molar-refractivity contribution in [3.63, 3.8) is 0 Å². The third-order valence-electron chi connectivity index (χ3n) is 8.36. The number of ether oxygens (including phenoxy) is 1. The molecule has 3 aromatic rings. The summed E-state index contributed by atoms with van der Waals surface area (Å²) in [5.74, 6) is -1.28. The van der Waals surface area contributed by atoms with Crippen molar-refractivity contribution in [2.75, 3.05) is 11.9 Å². The second-order valence-corrected chi connectivity index (χ2v) is 14.8. The summed E-state index contributed by atoms with van der Waals surface area (Å²) < 4.78 is 38.7. The number of aromatic nitrogens is 3. The van der Waals surface area contributed by atoms with Gasteiger partial charge in [0.1, 0.15) is 17.2 Å². The van der Waals surface area contributed by atoms with E-state index in [1.165, 1.54) is 12.1 Å². The number of ketones is 1. The van der Waals surface area contributed by atoms with Crippen molar-refractivity contribution < 1.29 is 23.1 Å². The van der Waals surface area contributed by atoms with Gasteiger partial charge in [-0.2, -0.15) is 5.10 Å². The van der Waals surface area contributed by atoms with E-state index in [1.54, 1.807) is 39.8 Å². The van der Waals surface area contributed by atoms with Crippen LogP contribution in [0, 0.1) is 24.0 Å². The van der Waals surface area contributed by atoms with E-state index in [0.29, 0.717) is 37.3 Å². The number of carbonyl (C=O) groups is 2. The lowest BCUT2D eigenvalue weighted by molar-refractivity contribution is -0.172. The molecule has 250 valence electrons. The molecule has 2 aromatic heterocycles. The quantitative estimate of drug-likeness (QED) is 0.183. The van der Waals surface area contributed by atoms with Crippen molar-refractivity contribution >= 4 is 35.0 Å². The zero-order chi connectivity index (χ0) is 34.2. The van der Waals surface area contributed by atoms with Crippen LogP contribution in [0.25, 0.3) is 0 Å². The van der Waals surface area contributed by atoms with Gasteiger partial charge in [0.2, 0.25) is 0 Å². The molecule has 0 aliphatic carbocycles. The number of aryl methyl sites for hydroxylation is 1. The lowest BCUT2D eigenvalue weighted by atomic mass is 9.71. The van der Waals surface area contributed by atoms with E-state index >= 15 is 4.39 Å². The molecule has 1 saturated heterocycles. The first-order valence-corrected chi connectivity index (χ1v) is 16.2. The molecule has 1 fully saturated rings. The van der Waals surface area contributed by atoms with Gasteiger partial charge in [-0.15, -0.1) is 0 Å². The minimum absolute atomic E-state index is 0.00108. The summed E-state index contributed by atoms with van der Waals surface area (Å²) in [7, 11) is 0. The summed E-state index contributed by atoms with van der Waals surface area (Å²) in [6.07, 6.45) is 0.655. The number of anilines is 2. The Morgan fingerprint density at radius 2 is 1.80 bits per heavy atom. The third kappa shape index (κ3) is 7.94. The molecule has 8 nitrogen and oxygen atoms in total. The van der Waals surface area contributed by atoms with Gasteiger partial charge in [0.15, 0.2) is 17.4 Å². The number of likely N-dealkylation sites (tertiary alicyclic amines) is 1. The Morgan fingerprint density at radius 3 is 2.39 bits per heavy atom. The smallest absolute Gasteiger partial charge is 0.313 e. The average molecular weight is 658 g/mol. The van der Waals surface area contributed by atoms with E-state index in [-0.39, 0.29) is 52.3 Å². The highest BCUT2D eigenvalue weighted by Gasteiger charge is 2.47. The molecule has 0 radical (unpaired) electrons. The molecule has 1 aromatic carbocycles. The summed E-state index contributed by atoms with van der Waals surface area (Å²) in [6, 6.07) is 7.98. The predicted octanol–water partition coefficient (Wildman–Crippen LogP) is 8.16. The highest BCUT2D eigenvalue weighted by atomic mass is 35.5. The number of hydrogen-bond donors (Lipinski definition) is 1. The molecular formula is C35H46ClF2N5O3. The topological polar surface area (TPSA) is 89.3 Å². The molecule has 0 bridgehead atoms. The number of hydrogen-bond acceptors (Lipinski definition) is 7. The van der Waals surface area contributed by atoms with Crippen LogP contribution < -0.4 is 5.32 Å². The second kappa shape index (κ2) is 13.4. The van der Waals surface area contributed by atoms with Crippen LogP contribution in [0.3, 0.4) is 0 Å². The number of piperidine rings is 1. The maximum atomic E-state index is 16.2. The number of pyridine rings is 1. The molecule has 0 spiro atoms. The van der Waals surface area contributed by atoms with E-state index in [1.807, 2.05) is 45.4 Å². The number of rotatable bonds is 9. The molecule has 0 saturated carbocycles. The van der Waals surface area contributed by atoms with E-state index in [4.69, 9.17) is 16.3 Å². The van der Waals surface area contributed by atoms with Crippen LogP contribution in [0.5, 0.6) is 0 Å². The maximum absolute atomic E-state index is 16.2. The van der Waals surface area contributed by atoms with Gasteiger partial charge in [-0.05, 0) is 86.9 Å². The number of carbonyl (C=O) groups excluding carboxylic acids is 2. The molecule has 2 unspecified atom stereocenters. The SMILES string of the molecule is CCC(=O)c1cc(Nc2cc(C)n(C(C)(C)C)n2)nc(CC2(C(=O)OC(C)(C)C)CCN(Cc3cccc(Cl)c3F)C(C)C2)c1F. The Morgan fingerprint density at radius 1 is 1.11 bits per heavy atom. The van der Waals surface area contributed by atoms with E-state index in [2.05, 4.69) is 20.3 Å². The van der Waals surface area contributed by atoms with Crippen LogP contribution in [0.15, 0.2) is 30.3 Å². The largest absolute Gasteiger partial charge is 0.460 e. The summed E-state index contributed by atoms with van der Waals surface area (Å²) in [5.41, 5.74) is -0.897. The highest BCUT2D eigenvalue weighted by Crippen LogP contribution is 2.42. The molecule has 11 heteroatoms. The average Bonchev–Trinajstić information content (AvgIpc) is 3.33. The van der Waals surface area contributed by atoms with Crippen LogP contribution in [-0.2, 0) is 28.0 Å². The van der Waals surface area contributed by atoms with Crippen LogP contribution in [0.2, 0.25) is 5.02 Å². The Balaban J connectivity index is 1.72. The molecule has 46 heavy (non-hydrogen) atoms. The van der Waals surface area contributed by atoms with Crippen molar-refractivity contribution in [2.45, 2.75) is 112 Å². The van der Waals surface area contributed by atoms with E-state index in [0.717, 1.165) is 5.69 Å². The van der Waals surface area contributed by atoms with Crippen molar-refractivity contribution in [1.29, 1.82) is 0 Å². The molecular weight excluding hydrogens is 612 g/mol. The Labute approximate surface area is 275 Å². The summed E-state index contributed by atoms with van der Waals surface area (Å²) in [6.45, 7) is 17.8. The highest BCUT2D eigenvalue weighted by molar-refractivity contribution is 6.30. The first kappa shape index (κ1) is 35.5. The second-order valence-electron chi connectivity index (χ2n) is 14.4. The third-order valence-corrected chi connectivity index (χ3v) is 8.65. The number of Topliss-reactive ketones (excluding diaryl/α,β-unsaturated/α-hetero) is 1. The fraction of sp³-hybridized carbons (Fsp3) is 0.543. The van der Waals surface area contributed by atoms with Gasteiger partial charge in [-0.25, -0.2) is 13.8 Å². The van der Waals surface area contributed by atoms with Crippen LogP contribution >= 0.6 is 11.6 Å². The van der Waals surface area contributed by atoms with Crippen LogP contribution in [0.1, 0.15) is 102 Å². The molecule has 3 heterocycles. The van der Waals surface area contributed by atoms with Crippen molar-refractivity contribution in [3.8, 4) is 0 Å². The number of nitrogens with zero attached hydrogens (tertiary/aromatic N) is 4. The van der Waals surface area contributed by atoms with Gasteiger partial charge < -0.3 is 10.1 Å². The predicted molar refractivity (Wildman–Crippen MR) is 177 cm³/mol. The van der Waals surface area contributed by atoms with Crippen LogP contribution in [-0.4, -0.2) is 49.6 Å². The van der Waals surface area contributed by atoms with Crippen molar-refractivity contribution in [3.05, 3.63) is 69.5 Å². The fourth-order valence-electron chi connectivity index (χ4n) is 6.13. The molecule has 0 amide bonds. The fourth-order valence-corrected chi connectivity index (χ4v) is 6.32. The lowest BCUT2D eigenvalue weighted by Crippen LogP contribution is -2.51. The van der Waals surface area contributed by atoms with Gasteiger partial charge in [0.25, 0.3) is 0 Å². The number of halogens is 3. The first-order chi connectivity index (χ1) is 21.3. The Bertz CT molecular complexity index is 1610. The number of benzene rings is 1. The summed E-state index contributed by atoms with van der Waals surface area (Å²) in [5, 5.41) is 7.87. The minimum atomic E-state index is -1.14. The standard InChI is InChI=1S/C35H46ClF2N5O3/c1-10-27(44)24-17-28(40-29-16-21(2)43(41-29)33(4,5)6)39-26(31(24)38)19-35(32(45)46-34(7,8)9)14-15-42(22(3)18-35)20-23-12-11-13-25(36)30(23)37/h11-13,16-17,22H,10,14-15,18-20H2,1-9H3,(H,39,40,41). The van der Waals surface area contributed by atoms with Crippen molar-refractivity contribution in [1.82, 2.24) is 19.7 Å². The van der Waals surface area contributed by atoms with Gasteiger partial charge >= 0.3 is 5.97 Å². The van der Waals surface area contributed by atoms with E-state index in [9.17, 15) is 14.0 Å². The zero-order valence-corrected chi connectivity index (χ0v) is 29.1. The first-order valence-electron chi connectivity index (χ1n) is 15.8. The molecule has 1 aliphatic rings. The molecule has 2 atom stereocenters. The van der Waals surface area contributed by atoms with Gasteiger partial charge in [0.05, 0.1) is 27.2 Å². The minimum Gasteiger partial charge on any atom is -0.460 e. The monoisotopic (exact) mass is 657 g/mol. The molecule has 1 N–H and O–H groups in total. The van der Waals surface area contributed by atoms with E-state index < -0.39 is 28.6 Å². The Hall–Kier alpha value is -3.37.